The van der Waals surface area contributed by atoms with Crippen molar-refractivity contribution in [1.29, 1.82) is 0 Å². The number of hydrogen-bond acceptors (Lipinski definition) is 5. The van der Waals surface area contributed by atoms with Crippen LogP contribution in [-0.4, -0.2) is 52.8 Å². The van der Waals surface area contributed by atoms with Gasteiger partial charge in [0.15, 0.2) is 0 Å². The summed E-state index contributed by atoms with van der Waals surface area (Å²) in [7, 11) is 0. The number of fused-ring (bicyclic) bond motifs is 1. The maximum atomic E-state index is 13.5. The van der Waals surface area contributed by atoms with Crippen molar-refractivity contribution in [3.63, 3.8) is 0 Å². The van der Waals surface area contributed by atoms with Crippen molar-refractivity contribution in [2.24, 2.45) is 5.92 Å². The first kappa shape index (κ1) is 19.7. The van der Waals surface area contributed by atoms with Gasteiger partial charge in [-0.15, -0.1) is 22.7 Å². The second kappa shape index (κ2) is 8.47. The van der Waals surface area contributed by atoms with Crippen molar-refractivity contribution in [1.82, 2.24) is 14.8 Å². The van der Waals surface area contributed by atoms with Gasteiger partial charge in [0.25, 0.3) is 5.91 Å². The average Bonchev–Trinajstić information content (AvgIpc) is 3.48. The van der Waals surface area contributed by atoms with Gasteiger partial charge in [-0.1, -0.05) is 31.0 Å². The Labute approximate surface area is 184 Å². The van der Waals surface area contributed by atoms with Gasteiger partial charge in [-0.05, 0) is 36.4 Å². The van der Waals surface area contributed by atoms with Crippen molar-refractivity contribution in [2.75, 3.05) is 26.2 Å². The van der Waals surface area contributed by atoms with Crippen LogP contribution in [-0.2, 0) is 4.79 Å². The second-order valence-corrected chi connectivity index (χ2v) is 10.1. The maximum Gasteiger partial charge on any atom is 0.264 e. The molecule has 2 amide bonds. The molecule has 5 rings (SSSR count). The lowest BCUT2D eigenvalue weighted by Gasteiger charge is -2.38. The van der Waals surface area contributed by atoms with Crippen molar-refractivity contribution in [2.45, 2.75) is 31.6 Å². The molecule has 3 aromatic rings. The molecule has 2 fully saturated rings. The molecule has 1 saturated heterocycles. The number of aromatic nitrogens is 1. The molecule has 0 unspecified atom stereocenters. The quantitative estimate of drug-likeness (QED) is 0.599. The fourth-order valence-electron chi connectivity index (χ4n) is 4.69. The third kappa shape index (κ3) is 3.76. The van der Waals surface area contributed by atoms with E-state index in [-0.39, 0.29) is 23.7 Å². The number of rotatable bonds is 3. The molecule has 1 saturated carbocycles. The van der Waals surface area contributed by atoms with E-state index in [1.165, 1.54) is 16.0 Å². The highest BCUT2D eigenvalue weighted by molar-refractivity contribution is 7.18. The standard InChI is InChI=1S/C23H25N3O2S2/c27-22(25-11-13-26(14-12-25)23(28)20-10-5-15-29-20)17-7-2-1-6-16(17)21-24-18-8-3-4-9-19(18)30-21/h3-5,8-10,15-17H,1-2,6-7,11-14H2/t16-,17+/m1/s1. The maximum absolute atomic E-state index is 13.5. The number of amides is 2. The van der Waals surface area contributed by atoms with Crippen LogP contribution < -0.4 is 0 Å². The van der Waals surface area contributed by atoms with Crippen LogP contribution in [0.1, 0.15) is 46.3 Å². The Morgan fingerprint density at radius 3 is 2.47 bits per heavy atom. The van der Waals surface area contributed by atoms with Crippen molar-refractivity contribution < 1.29 is 9.59 Å². The van der Waals surface area contributed by atoms with Crippen molar-refractivity contribution >= 4 is 44.7 Å². The molecule has 0 spiro atoms. The first-order valence-corrected chi connectivity index (χ1v) is 12.4. The minimum atomic E-state index is 0.0128. The van der Waals surface area contributed by atoms with Crippen molar-refractivity contribution in [3.05, 3.63) is 51.7 Å². The minimum Gasteiger partial charge on any atom is -0.339 e. The van der Waals surface area contributed by atoms with E-state index in [2.05, 4.69) is 12.1 Å². The number of carbonyl (C=O) groups excluding carboxylic acids is 2. The number of piperazine rings is 1. The second-order valence-electron chi connectivity index (χ2n) is 8.11. The molecule has 3 heterocycles. The molecule has 0 radical (unpaired) electrons. The number of benzene rings is 1. The number of carbonyl (C=O) groups is 2. The normalized spacial score (nSPS) is 22.4. The summed E-state index contributed by atoms with van der Waals surface area (Å²) in [5, 5.41) is 3.04. The largest absolute Gasteiger partial charge is 0.339 e. The number of thiazole rings is 1. The van der Waals surface area contributed by atoms with Crippen LogP contribution in [0, 0.1) is 5.92 Å². The Bertz CT molecular complexity index is 1000. The first-order valence-electron chi connectivity index (χ1n) is 10.7. The highest BCUT2D eigenvalue weighted by Gasteiger charge is 2.37. The summed E-state index contributed by atoms with van der Waals surface area (Å²) in [6, 6.07) is 12.0. The fraction of sp³-hybridized carbons (Fsp3) is 0.435. The Balaban J connectivity index is 1.28. The number of hydrogen-bond donors (Lipinski definition) is 0. The molecule has 0 N–H and O–H groups in total. The van der Waals surface area contributed by atoms with Crippen LogP contribution in [0.5, 0.6) is 0 Å². The predicted molar refractivity (Wildman–Crippen MR) is 121 cm³/mol. The fourth-order valence-corrected chi connectivity index (χ4v) is 6.55. The van der Waals surface area contributed by atoms with Crippen LogP contribution in [0.15, 0.2) is 41.8 Å². The highest BCUT2D eigenvalue weighted by Crippen LogP contribution is 2.41. The average molecular weight is 440 g/mol. The van der Waals surface area contributed by atoms with Crippen LogP contribution in [0.2, 0.25) is 0 Å². The molecule has 156 valence electrons. The van der Waals surface area contributed by atoms with Crippen LogP contribution >= 0.6 is 22.7 Å². The molecule has 2 atom stereocenters. The van der Waals surface area contributed by atoms with E-state index in [9.17, 15) is 9.59 Å². The van der Waals surface area contributed by atoms with Gasteiger partial charge in [0.1, 0.15) is 0 Å². The zero-order chi connectivity index (χ0) is 20.5. The summed E-state index contributed by atoms with van der Waals surface area (Å²) < 4.78 is 1.20. The Morgan fingerprint density at radius 1 is 0.933 bits per heavy atom. The van der Waals surface area contributed by atoms with Gasteiger partial charge in [-0.3, -0.25) is 9.59 Å². The lowest BCUT2D eigenvalue weighted by molar-refractivity contribution is -0.138. The van der Waals surface area contributed by atoms with Crippen molar-refractivity contribution in [3.8, 4) is 0 Å². The summed E-state index contributed by atoms with van der Waals surface area (Å²) in [5.74, 6) is 0.567. The van der Waals surface area contributed by atoms with Crippen LogP contribution in [0.4, 0.5) is 0 Å². The molecule has 1 aliphatic carbocycles. The molecule has 7 heteroatoms. The van der Waals surface area contributed by atoms with Gasteiger partial charge in [-0.25, -0.2) is 4.98 Å². The lowest BCUT2D eigenvalue weighted by atomic mass is 9.78. The number of thiophene rings is 1. The Kier molecular flexibility index (Phi) is 5.56. The highest BCUT2D eigenvalue weighted by atomic mass is 32.1. The van der Waals surface area contributed by atoms with E-state index in [0.29, 0.717) is 26.2 Å². The van der Waals surface area contributed by atoms with Crippen LogP contribution in [0.3, 0.4) is 0 Å². The third-order valence-corrected chi connectivity index (χ3v) is 8.35. The molecular formula is C23H25N3O2S2. The van der Waals surface area contributed by atoms with E-state index >= 15 is 0 Å². The number of para-hydroxylation sites is 1. The molecule has 2 aromatic heterocycles. The molecule has 1 aliphatic heterocycles. The van der Waals surface area contributed by atoms with E-state index in [1.54, 1.807) is 11.3 Å². The third-order valence-electron chi connectivity index (χ3n) is 6.32. The Hall–Kier alpha value is -2.25. The molecule has 5 nitrogen and oxygen atoms in total. The zero-order valence-electron chi connectivity index (χ0n) is 16.8. The smallest absolute Gasteiger partial charge is 0.264 e. The van der Waals surface area contributed by atoms with Gasteiger partial charge in [-0.2, -0.15) is 0 Å². The summed E-state index contributed by atoms with van der Waals surface area (Å²) in [6.07, 6.45) is 4.24. The van der Waals surface area contributed by atoms with Crippen LogP contribution in [0.25, 0.3) is 10.2 Å². The van der Waals surface area contributed by atoms with Gasteiger partial charge in [0, 0.05) is 38.0 Å². The molecular weight excluding hydrogens is 414 g/mol. The first-order chi connectivity index (χ1) is 14.7. The topological polar surface area (TPSA) is 53.5 Å². The molecule has 2 aliphatic rings. The Morgan fingerprint density at radius 2 is 1.70 bits per heavy atom. The molecule has 30 heavy (non-hydrogen) atoms. The van der Waals surface area contributed by atoms with Gasteiger partial charge in [0.05, 0.1) is 20.1 Å². The van der Waals surface area contributed by atoms with Gasteiger partial charge < -0.3 is 9.80 Å². The van der Waals surface area contributed by atoms with E-state index in [0.717, 1.165) is 41.1 Å². The van der Waals surface area contributed by atoms with E-state index in [4.69, 9.17) is 4.98 Å². The summed E-state index contributed by atoms with van der Waals surface area (Å²) >= 11 is 3.22. The van der Waals surface area contributed by atoms with E-state index < -0.39 is 0 Å². The summed E-state index contributed by atoms with van der Waals surface area (Å²) in [4.78, 5) is 35.6. The van der Waals surface area contributed by atoms with Gasteiger partial charge >= 0.3 is 0 Å². The molecule has 1 aromatic carbocycles. The van der Waals surface area contributed by atoms with E-state index in [1.807, 2.05) is 39.4 Å². The molecule has 0 bridgehead atoms. The summed E-state index contributed by atoms with van der Waals surface area (Å²) in [6.45, 7) is 2.47. The monoisotopic (exact) mass is 439 g/mol. The number of nitrogens with zero attached hydrogens (tertiary/aromatic N) is 3. The SMILES string of the molecule is O=C(c1cccs1)N1CCN(C(=O)[C@H]2CCCC[C@H]2c2nc3ccccc3s2)CC1. The predicted octanol–water partition coefficient (Wildman–Crippen LogP) is 4.62. The summed E-state index contributed by atoms with van der Waals surface area (Å²) in [5.41, 5.74) is 1.04. The lowest BCUT2D eigenvalue weighted by Crippen LogP contribution is -2.52. The zero-order valence-corrected chi connectivity index (χ0v) is 18.5. The van der Waals surface area contributed by atoms with Gasteiger partial charge in [0.2, 0.25) is 5.91 Å². The minimum absolute atomic E-state index is 0.0128.